The summed E-state index contributed by atoms with van der Waals surface area (Å²) in [6.07, 6.45) is 0. The molecule has 70 valence electrons. The summed E-state index contributed by atoms with van der Waals surface area (Å²) in [4.78, 5) is 15.4. The number of carbonyl (C=O) groups is 1. The third-order valence-electron chi connectivity index (χ3n) is 1.24. The maximum atomic E-state index is 10.6. The molecule has 0 saturated carbocycles. The van der Waals surface area contributed by atoms with Crippen molar-refractivity contribution in [2.75, 3.05) is 0 Å². The maximum Gasteiger partial charge on any atom is 0.389 e. The fourth-order valence-electron chi connectivity index (χ4n) is 0.686. The molecule has 0 unspecified atom stereocenters. The van der Waals surface area contributed by atoms with Crippen LogP contribution in [0.25, 0.3) is 0 Å². The van der Waals surface area contributed by atoms with Crippen LogP contribution in [0.15, 0.2) is 30.3 Å². The van der Waals surface area contributed by atoms with Crippen LogP contribution in [0, 0.1) is 0 Å². The number of amides is 2. The molecule has 0 heterocycles. The molecule has 2 amide bonds. The molecule has 0 saturated heterocycles. The van der Waals surface area contributed by atoms with Crippen molar-refractivity contribution in [2.24, 2.45) is 5.84 Å². The zero-order valence-electron chi connectivity index (χ0n) is 6.68. The lowest BCUT2D eigenvalue weighted by atomic mass is 10.3. The topological polar surface area (TPSA) is 87.8 Å². The van der Waals surface area contributed by atoms with Gasteiger partial charge in [0.1, 0.15) is 0 Å². The zero-order chi connectivity index (χ0) is 9.68. The van der Waals surface area contributed by atoms with Gasteiger partial charge in [-0.25, -0.2) is 16.1 Å². The van der Waals surface area contributed by atoms with Crippen LogP contribution in [-0.4, -0.2) is 16.4 Å². The van der Waals surface area contributed by atoms with Crippen LogP contribution in [0.3, 0.4) is 0 Å². The second-order valence-corrected chi connectivity index (χ2v) is 2.15. The molecule has 0 radical (unpaired) electrons. The summed E-state index contributed by atoms with van der Waals surface area (Å²) in [6, 6.07) is 7.51. The predicted molar refractivity (Wildman–Crippen MR) is 43.4 cm³/mol. The number of hydrogen-bond acceptors (Lipinski definition) is 4. The van der Waals surface area contributed by atoms with Crippen molar-refractivity contribution in [3.63, 3.8) is 0 Å². The molecule has 0 aliphatic carbocycles. The molecular weight excluding hydrogens is 174 g/mol. The lowest BCUT2D eigenvalue weighted by molar-refractivity contribution is -0.0289. The van der Waals surface area contributed by atoms with Gasteiger partial charge in [0.25, 0.3) is 0 Å². The Bertz CT molecular complexity index is 278. The van der Waals surface area contributed by atoms with Crippen molar-refractivity contribution in [3.05, 3.63) is 30.3 Å². The average molecular weight is 183 g/mol. The number of nitrogens with two attached hydrogens (primary N) is 1. The summed E-state index contributed by atoms with van der Waals surface area (Å²) >= 11 is 0. The number of carbonyl (C=O) groups excluding carboxylic acids is 1. The second kappa shape index (κ2) is 4.29. The van der Waals surface area contributed by atoms with E-state index in [0.29, 0.717) is 10.9 Å². The van der Waals surface area contributed by atoms with Gasteiger partial charge in [0.2, 0.25) is 0 Å². The standard InChI is InChI=1S/C7H9N3O3/c8-10(7(11)9-12)13-6-4-2-1-3-5-6/h1-5,12H,8H2,(H,9,11). The van der Waals surface area contributed by atoms with E-state index in [1.54, 1.807) is 30.3 Å². The van der Waals surface area contributed by atoms with Gasteiger partial charge in [-0.3, -0.25) is 5.21 Å². The van der Waals surface area contributed by atoms with E-state index >= 15 is 0 Å². The Kier molecular flexibility index (Phi) is 3.07. The van der Waals surface area contributed by atoms with E-state index < -0.39 is 6.03 Å². The van der Waals surface area contributed by atoms with Crippen molar-refractivity contribution in [2.45, 2.75) is 0 Å². The van der Waals surface area contributed by atoms with Crippen molar-refractivity contribution in [3.8, 4) is 5.75 Å². The number of nitrogens with one attached hydrogen (secondary N) is 1. The van der Waals surface area contributed by atoms with Crippen LogP contribution in [0.1, 0.15) is 0 Å². The normalized spacial score (nSPS) is 9.08. The summed E-state index contributed by atoms with van der Waals surface area (Å²) in [5.74, 6) is 5.50. The summed E-state index contributed by atoms with van der Waals surface area (Å²) in [5.41, 5.74) is 1.32. The molecule has 6 heteroatoms. The zero-order valence-corrected chi connectivity index (χ0v) is 6.68. The largest absolute Gasteiger partial charge is 0.389 e. The van der Waals surface area contributed by atoms with Crippen LogP contribution in [-0.2, 0) is 0 Å². The number of nitrogens with zero attached hydrogens (tertiary/aromatic N) is 1. The van der Waals surface area contributed by atoms with E-state index in [9.17, 15) is 4.79 Å². The quantitative estimate of drug-likeness (QED) is 0.265. The average Bonchev–Trinajstić information content (AvgIpc) is 2.18. The summed E-state index contributed by atoms with van der Waals surface area (Å²) in [6.45, 7) is 0. The monoisotopic (exact) mass is 183 g/mol. The Morgan fingerprint density at radius 2 is 2.08 bits per heavy atom. The Balaban J connectivity index is 2.55. The van der Waals surface area contributed by atoms with Gasteiger partial charge < -0.3 is 4.84 Å². The summed E-state index contributed by atoms with van der Waals surface area (Å²) in [7, 11) is 0. The van der Waals surface area contributed by atoms with Crippen molar-refractivity contribution < 1.29 is 14.8 Å². The minimum absolute atomic E-state index is 0.384. The smallest absolute Gasteiger partial charge is 0.360 e. The molecule has 0 aromatic heterocycles. The van der Waals surface area contributed by atoms with Crippen LogP contribution in [0.2, 0.25) is 0 Å². The van der Waals surface area contributed by atoms with Crippen molar-refractivity contribution in [1.82, 2.24) is 10.7 Å². The third-order valence-corrected chi connectivity index (χ3v) is 1.24. The lowest BCUT2D eigenvalue weighted by Gasteiger charge is -2.14. The first kappa shape index (κ1) is 9.30. The Morgan fingerprint density at radius 1 is 1.46 bits per heavy atom. The van der Waals surface area contributed by atoms with E-state index in [-0.39, 0.29) is 0 Å². The summed E-state index contributed by atoms with van der Waals surface area (Å²) in [5, 5.41) is 8.57. The van der Waals surface area contributed by atoms with E-state index in [1.807, 2.05) is 0 Å². The first-order chi connectivity index (χ1) is 6.24. The van der Waals surface area contributed by atoms with E-state index in [1.165, 1.54) is 5.48 Å². The molecule has 0 bridgehead atoms. The van der Waals surface area contributed by atoms with Gasteiger partial charge in [0.15, 0.2) is 5.75 Å². The van der Waals surface area contributed by atoms with Crippen molar-refractivity contribution >= 4 is 6.03 Å². The minimum atomic E-state index is -0.955. The van der Waals surface area contributed by atoms with Gasteiger partial charge in [-0.15, -0.1) is 0 Å². The number of hydrazine groups is 1. The SMILES string of the molecule is NN(Oc1ccccc1)C(=O)NO. The number of rotatable bonds is 2. The van der Waals surface area contributed by atoms with Gasteiger partial charge >= 0.3 is 6.03 Å². The van der Waals surface area contributed by atoms with Gasteiger partial charge in [0.05, 0.1) is 0 Å². The number of benzene rings is 1. The lowest BCUT2D eigenvalue weighted by Crippen LogP contribution is -2.45. The Hall–Kier alpha value is -1.79. The molecule has 0 fully saturated rings. The molecule has 0 atom stereocenters. The number of para-hydroxylation sites is 1. The fraction of sp³-hybridized carbons (Fsp3) is 0. The molecule has 0 aliphatic rings. The molecule has 1 aromatic rings. The number of hydrogen-bond donors (Lipinski definition) is 3. The first-order valence-electron chi connectivity index (χ1n) is 3.46. The van der Waals surface area contributed by atoms with Crippen LogP contribution in [0.5, 0.6) is 5.75 Å². The molecular formula is C7H9N3O3. The highest BCUT2D eigenvalue weighted by Gasteiger charge is 2.08. The van der Waals surface area contributed by atoms with Crippen LogP contribution >= 0.6 is 0 Å². The van der Waals surface area contributed by atoms with E-state index in [0.717, 1.165) is 0 Å². The Morgan fingerprint density at radius 3 is 2.62 bits per heavy atom. The first-order valence-corrected chi connectivity index (χ1v) is 3.46. The molecule has 13 heavy (non-hydrogen) atoms. The second-order valence-electron chi connectivity index (χ2n) is 2.15. The molecule has 0 aliphatic heterocycles. The molecule has 6 nitrogen and oxygen atoms in total. The fourth-order valence-corrected chi connectivity index (χ4v) is 0.686. The van der Waals surface area contributed by atoms with Crippen molar-refractivity contribution in [1.29, 1.82) is 0 Å². The molecule has 4 N–H and O–H groups in total. The molecule has 0 spiro atoms. The van der Waals surface area contributed by atoms with Gasteiger partial charge in [-0.1, -0.05) is 23.4 Å². The highest BCUT2D eigenvalue weighted by Crippen LogP contribution is 2.08. The van der Waals surface area contributed by atoms with Gasteiger partial charge in [-0.2, -0.15) is 0 Å². The van der Waals surface area contributed by atoms with Gasteiger partial charge in [0, 0.05) is 0 Å². The predicted octanol–water partition coefficient (Wildman–Crippen LogP) is 0.255. The van der Waals surface area contributed by atoms with Crippen LogP contribution in [0.4, 0.5) is 4.79 Å². The number of urea groups is 1. The minimum Gasteiger partial charge on any atom is -0.360 e. The molecule has 1 aromatic carbocycles. The van der Waals surface area contributed by atoms with Gasteiger partial charge in [-0.05, 0) is 12.1 Å². The third kappa shape index (κ3) is 2.62. The summed E-state index contributed by atoms with van der Waals surface area (Å²) < 4.78 is 0. The van der Waals surface area contributed by atoms with Crippen LogP contribution < -0.4 is 16.2 Å². The Labute approximate surface area is 74.4 Å². The highest BCUT2D eigenvalue weighted by atomic mass is 16.7. The van der Waals surface area contributed by atoms with E-state index in [4.69, 9.17) is 15.9 Å². The number of hydroxylamine groups is 2. The highest BCUT2D eigenvalue weighted by molar-refractivity contribution is 5.71. The molecule has 1 rings (SSSR count). The van der Waals surface area contributed by atoms with E-state index in [2.05, 4.69) is 0 Å². The maximum absolute atomic E-state index is 10.6.